The Bertz CT molecular complexity index is 779. The summed E-state index contributed by atoms with van der Waals surface area (Å²) in [6, 6.07) is 11.1. The van der Waals surface area contributed by atoms with Crippen LogP contribution in [0.5, 0.6) is 5.75 Å². The molecule has 8 heteroatoms. The number of ketones is 1. The Labute approximate surface area is 135 Å². The Hall–Kier alpha value is -3.34. The molecule has 0 aliphatic carbocycles. The molecule has 0 spiro atoms. The lowest BCUT2D eigenvalue weighted by molar-refractivity contribution is -0.274. The second kappa shape index (κ2) is 7.28. The van der Waals surface area contributed by atoms with Gasteiger partial charge in [0.1, 0.15) is 23.2 Å². The maximum atomic E-state index is 12.2. The second-order valence-corrected chi connectivity index (χ2v) is 4.43. The fraction of sp³-hybridized carbons (Fsp3) is 0.0625. The molecule has 0 fully saturated rings. The average molecular weight is 333 g/mol. The maximum absolute atomic E-state index is 12.2. The number of alkyl halides is 3. The molecule has 0 unspecified atom stereocenters. The minimum atomic E-state index is -4.81. The Morgan fingerprint density at radius 2 is 1.92 bits per heavy atom. The van der Waals surface area contributed by atoms with Crippen LogP contribution in [0, 0.1) is 11.3 Å². The third kappa shape index (κ3) is 4.84. The number of nitriles is 1. The number of halogens is 3. The Balaban J connectivity index is 2.12. The van der Waals surface area contributed by atoms with Crippen molar-refractivity contribution in [3.63, 3.8) is 0 Å². The van der Waals surface area contributed by atoms with Crippen LogP contribution in [0.1, 0.15) is 10.4 Å². The van der Waals surface area contributed by atoms with E-state index < -0.39 is 17.9 Å². The van der Waals surface area contributed by atoms with E-state index in [1.165, 1.54) is 12.4 Å². The minimum absolute atomic E-state index is 0.0557. The first kappa shape index (κ1) is 17.0. The molecule has 1 heterocycles. The third-order valence-corrected chi connectivity index (χ3v) is 2.74. The van der Waals surface area contributed by atoms with Crippen LogP contribution in [0.25, 0.3) is 0 Å². The second-order valence-electron chi connectivity index (χ2n) is 4.43. The van der Waals surface area contributed by atoms with Crippen molar-refractivity contribution in [1.29, 1.82) is 5.26 Å². The van der Waals surface area contributed by atoms with Crippen molar-refractivity contribution < 1.29 is 22.7 Å². The SMILES string of the molecule is N#CC(=CNc1ccccn1)C(=O)c1ccc(OC(F)(F)F)cc1. The summed E-state index contributed by atoms with van der Waals surface area (Å²) >= 11 is 0. The fourth-order valence-corrected chi connectivity index (χ4v) is 1.71. The number of allylic oxidation sites excluding steroid dienone is 1. The van der Waals surface area contributed by atoms with Gasteiger partial charge in [0.2, 0.25) is 5.78 Å². The van der Waals surface area contributed by atoms with Crippen molar-refractivity contribution in [2.45, 2.75) is 6.36 Å². The largest absolute Gasteiger partial charge is 0.573 e. The normalized spacial score (nSPS) is 11.5. The van der Waals surface area contributed by atoms with Gasteiger partial charge in [-0.2, -0.15) is 5.26 Å². The van der Waals surface area contributed by atoms with Crippen molar-refractivity contribution in [1.82, 2.24) is 4.98 Å². The fourth-order valence-electron chi connectivity index (χ4n) is 1.71. The Morgan fingerprint density at radius 3 is 2.46 bits per heavy atom. The van der Waals surface area contributed by atoms with E-state index in [4.69, 9.17) is 5.26 Å². The van der Waals surface area contributed by atoms with Gasteiger partial charge in [0.25, 0.3) is 0 Å². The highest BCUT2D eigenvalue weighted by Crippen LogP contribution is 2.23. The van der Waals surface area contributed by atoms with E-state index in [0.717, 1.165) is 24.3 Å². The zero-order valence-electron chi connectivity index (χ0n) is 12.0. The molecule has 2 aromatic rings. The molecule has 0 aliphatic heterocycles. The van der Waals surface area contributed by atoms with E-state index in [1.807, 2.05) is 0 Å². The first-order valence-corrected chi connectivity index (χ1v) is 6.57. The van der Waals surface area contributed by atoms with Crippen LogP contribution < -0.4 is 10.1 Å². The number of benzene rings is 1. The number of rotatable bonds is 5. The van der Waals surface area contributed by atoms with Crippen LogP contribution >= 0.6 is 0 Å². The summed E-state index contributed by atoms with van der Waals surface area (Å²) in [5, 5.41) is 11.8. The molecule has 24 heavy (non-hydrogen) atoms. The summed E-state index contributed by atoms with van der Waals surface area (Å²) in [6.45, 7) is 0. The minimum Gasteiger partial charge on any atom is -0.406 e. The molecule has 1 aromatic heterocycles. The number of aromatic nitrogens is 1. The smallest absolute Gasteiger partial charge is 0.406 e. The predicted molar refractivity (Wildman–Crippen MR) is 79.0 cm³/mol. The van der Waals surface area contributed by atoms with Crippen molar-refractivity contribution in [3.8, 4) is 11.8 Å². The van der Waals surface area contributed by atoms with Crippen molar-refractivity contribution >= 4 is 11.6 Å². The summed E-state index contributed by atoms with van der Waals surface area (Å²) in [7, 11) is 0. The van der Waals surface area contributed by atoms with E-state index in [9.17, 15) is 18.0 Å². The molecule has 2 rings (SSSR count). The molecular formula is C16H10F3N3O2. The van der Waals surface area contributed by atoms with Gasteiger partial charge < -0.3 is 10.1 Å². The number of carbonyl (C=O) groups excluding carboxylic acids is 1. The van der Waals surface area contributed by atoms with Gasteiger partial charge in [-0.3, -0.25) is 4.79 Å². The zero-order valence-corrected chi connectivity index (χ0v) is 12.0. The quantitative estimate of drug-likeness (QED) is 0.513. The Kier molecular flexibility index (Phi) is 5.16. The van der Waals surface area contributed by atoms with Crippen molar-refractivity contribution in [2.75, 3.05) is 5.32 Å². The molecule has 0 aliphatic rings. The summed E-state index contributed by atoms with van der Waals surface area (Å²) in [5.74, 6) is -0.653. The number of hydrogen-bond acceptors (Lipinski definition) is 5. The van der Waals surface area contributed by atoms with Crippen molar-refractivity contribution in [3.05, 3.63) is 66.0 Å². The van der Waals surface area contributed by atoms with Crippen LogP contribution in [0.4, 0.5) is 19.0 Å². The predicted octanol–water partition coefficient (Wildman–Crippen LogP) is 3.68. The number of nitrogens with zero attached hydrogens (tertiary/aromatic N) is 2. The van der Waals surface area contributed by atoms with Crippen LogP contribution in [0.15, 0.2) is 60.4 Å². The van der Waals surface area contributed by atoms with Crippen molar-refractivity contribution in [2.24, 2.45) is 0 Å². The lowest BCUT2D eigenvalue weighted by atomic mass is 10.1. The molecule has 0 radical (unpaired) electrons. The highest BCUT2D eigenvalue weighted by atomic mass is 19.4. The van der Waals surface area contributed by atoms with Gasteiger partial charge in [-0.15, -0.1) is 13.2 Å². The van der Waals surface area contributed by atoms with Gasteiger partial charge in [0.05, 0.1) is 0 Å². The molecule has 0 saturated carbocycles. The van der Waals surface area contributed by atoms with Gasteiger partial charge >= 0.3 is 6.36 Å². The van der Waals surface area contributed by atoms with Crippen LogP contribution in [0.3, 0.4) is 0 Å². The van der Waals surface area contributed by atoms with Gasteiger partial charge in [0.15, 0.2) is 0 Å². The number of Topliss-reactive ketones (excluding diaryl/α,β-unsaturated/α-hetero) is 1. The third-order valence-electron chi connectivity index (χ3n) is 2.74. The molecule has 1 aromatic carbocycles. The number of anilines is 1. The Morgan fingerprint density at radius 1 is 1.21 bits per heavy atom. The molecule has 122 valence electrons. The van der Waals surface area contributed by atoms with Gasteiger partial charge in [-0.05, 0) is 36.4 Å². The molecule has 0 bridgehead atoms. The lowest BCUT2D eigenvalue weighted by Gasteiger charge is -2.08. The molecule has 5 nitrogen and oxygen atoms in total. The number of nitrogens with one attached hydrogen (secondary N) is 1. The first-order chi connectivity index (χ1) is 11.4. The number of pyridine rings is 1. The molecule has 0 amide bonds. The monoisotopic (exact) mass is 333 g/mol. The molecule has 0 atom stereocenters. The zero-order chi connectivity index (χ0) is 17.6. The summed E-state index contributed by atoms with van der Waals surface area (Å²) in [6.07, 6.45) is -2.09. The van der Waals surface area contributed by atoms with Gasteiger partial charge in [0, 0.05) is 18.0 Å². The molecular weight excluding hydrogens is 323 g/mol. The standard InChI is InChI=1S/C16H10F3N3O2/c17-16(18,19)24-13-6-4-11(5-7-13)15(23)12(9-20)10-22-14-3-1-2-8-21-14/h1-8,10H,(H,21,22). The maximum Gasteiger partial charge on any atom is 0.573 e. The highest BCUT2D eigenvalue weighted by Gasteiger charge is 2.31. The van der Waals surface area contributed by atoms with Crippen LogP contribution in [0.2, 0.25) is 0 Å². The lowest BCUT2D eigenvalue weighted by Crippen LogP contribution is -2.17. The summed E-state index contributed by atoms with van der Waals surface area (Å²) in [5.41, 5.74) is -0.162. The highest BCUT2D eigenvalue weighted by molar-refractivity contribution is 6.11. The van der Waals surface area contributed by atoms with Crippen LogP contribution in [-0.4, -0.2) is 17.1 Å². The van der Waals surface area contributed by atoms with E-state index in [1.54, 1.807) is 24.3 Å². The average Bonchev–Trinajstić information content (AvgIpc) is 2.55. The molecule has 1 N–H and O–H groups in total. The van der Waals surface area contributed by atoms with E-state index in [0.29, 0.717) is 5.82 Å². The topological polar surface area (TPSA) is 75.0 Å². The van der Waals surface area contributed by atoms with Crippen LogP contribution in [-0.2, 0) is 0 Å². The molecule has 0 saturated heterocycles. The van der Waals surface area contributed by atoms with E-state index in [2.05, 4.69) is 15.0 Å². The van der Waals surface area contributed by atoms with Gasteiger partial charge in [-0.25, -0.2) is 4.98 Å². The number of hydrogen-bond donors (Lipinski definition) is 1. The number of carbonyl (C=O) groups is 1. The van der Waals surface area contributed by atoms with E-state index in [-0.39, 0.29) is 11.1 Å². The van der Waals surface area contributed by atoms with Gasteiger partial charge in [-0.1, -0.05) is 6.07 Å². The summed E-state index contributed by atoms with van der Waals surface area (Å²) < 4.78 is 40.0. The summed E-state index contributed by atoms with van der Waals surface area (Å²) in [4.78, 5) is 16.1. The van der Waals surface area contributed by atoms with E-state index >= 15 is 0 Å². The first-order valence-electron chi connectivity index (χ1n) is 6.57. The number of ether oxygens (including phenoxy) is 1.